The maximum absolute atomic E-state index is 12.1. The fraction of sp³-hybridized carbons (Fsp3) is 0.444. The topological polar surface area (TPSA) is 69.8 Å². The molecule has 1 aromatic heterocycles. The van der Waals surface area contributed by atoms with Gasteiger partial charge in [-0.1, -0.05) is 24.3 Å². The number of carbonyl (C=O) groups excluding carboxylic acids is 1. The first-order chi connectivity index (χ1) is 11.1. The van der Waals surface area contributed by atoms with Crippen LogP contribution in [0.3, 0.4) is 0 Å². The van der Waals surface area contributed by atoms with Crippen LogP contribution in [-0.2, 0) is 11.8 Å². The highest BCUT2D eigenvalue weighted by Gasteiger charge is 2.57. The summed E-state index contributed by atoms with van der Waals surface area (Å²) in [5, 5.41) is 12.9. The average Bonchev–Trinajstić information content (AvgIpc) is 3.02. The number of aryl methyl sites for hydroxylation is 3. The number of aromatic nitrogens is 2. The van der Waals surface area contributed by atoms with E-state index in [1.54, 1.807) is 0 Å². The Morgan fingerprint density at radius 3 is 3.00 bits per heavy atom. The molecule has 3 N–H and O–H groups in total. The Labute approximate surface area is 135 Å². The largest absolute Gasteiger partial charge is 0.338 e. The van der Waals surface area contributed by atoms with Crippen molar-refractivity contribution in [3.8, 4) is 0 Å². The lowest BCUT2D eigenvalue weighted by atomic mass is 9.95. The quantitative estimate of drug-likeness (QED) is 0.815. The Bertz CT molecular complexity index is 747. The molecule has 120 valence electrons. The molecular formula is C18H22N4O. The summed E-state index contributed by atoms with van der Waals surface area (Å²) >= 11 is 0. The van der Waals surface area contributed by atoms with E-state index in [-0.39, 0.29) is 6.03 Å². The van der Waals surface area contributed by atoms with Crippen LogP contribution in [0.15, 0.2) is 24.3 Å². The summed E-state index contributed by atoms with van der Waals surface area (Å²) in [5.41, 5.74) is 5.79. The molecular weight excluding hydrogens is 288 g/mol. The van der Waals surface area contributed by atoms with Gasteiger partial charge >= 0.3 is 6.03 Å². The Morgan fingerprint density at radius 2 is 2.22 bits per heavy atom. The molecule has 0 radical (unpaired) electrons. The molecule has 5 nitrogen and oxygen atoms in total. The zero-order valence-electron chi connectivity index (χ0n) is 13.6. The predicted molar refractivity (Wildman–Crippen MR) is 89.6 cm³/mol. The van der Waals surface area contributed by atoms with Gasteiger partial charge in [0.05, 0.1) is 17.1 Å². The summed E-state index contributed by atoms with van der Waals surface area (Å²) in [6.45, 7) is 4.52. The lowest BCUT2D eigenvalue weighted by Crippen LogP contribution is -2.32. The molecule has 0 bridgehead atoms. The molecule has 0 unspecified atom stereocenters. The number of aromatic amines is 1. The van der Waals surface area contributed by atoms with Crippen LogP contribution >= 0.6 is 0 Å². The molecule has 2 aliphatic rings. The van der Waals surface area contributed by atoms with Gasteiger partial charge in [-0.2, -0.15) is 5.10 Å². The molecule has 23 heavy (non-hydrogen) atoms. The lowest BCUT2D eigenvalue weighted by Gasteiger charge is -2.12. The van der Waals surface area contributed by atoms with Crippen molar-refractivity contribution in [1.82, 2.24) is 15.5 Å². The monoisotopic (exact) mass is 310 g/mol. The van der Waals surface area contributed by atoms with Crippen molar-refractivity contribution in [3.05, 3.63) is 46.8 Å². The molecule has 0 saturated heterocycles. The number of carbonyl (C=O) groups is 1. The number of urea groups is 1. The van der Waals surface area contributed by atoms with Crippen LogP contribution in [0.1, 0.15) is 35.4 Å². The van der Waals surface area contributed by atoms with Crippen molar-refractivity contribution in [3.63, 3.8) is 0 Å². The molecule has 2 amide bonds. The van der Waals surface area contributed by atoms with Gasteiger partial charge in [0.2, 0.25) is 0 Å². The second-order valence-electron chi connectivity index (χ2n) is 6.86. The molecule has 1 heterocycles. The second kappa shape index (κ2) is 5.11. The van der Waals surface area contributed by atoms with E-state index < -0.39 is 0 Å². The zero-order valence-corrected chi connectivity index (χ0v) is 13.6. The summed E-state index contributed by atoms with van der Waals surface area (Å²) in [6.07, 6.45) is 3.58. The number of rotatable bonds is 3. The highest BCUT2D eigenvalue weighted by molar-refractivity contribution is 5.90. The van der Waals surface area contributed by atoms with E-state index >= 15 is 0 Å². The van der Waals surface area contributed by atoms with Crippen molar-refractivity contribution in [2.75, 3.05) is 11.9 Å². The van der Waals surface area contributed by atoms with Gasteiger partial charge in [0, 0.05) is 12.0 Å². The molecule has 4 rings (SSSR count). The van der Waals surface area contributed by atoms with Gasteiger partial charge in [0.25, 0.3) is 0 Å². The fourth-order valence-electron chi connectivity index (χ4n) is 4.11. The van der Waals surface area contributed by atoms with Crippen LogP contribution in [0.2, 0.25) is 0 Å². The summed E-state index contributed by atoms with van der Waals surface area (Å²) in [5.74, 6) is 0.559. The third-order valence-electron chi connectivity index (χ3n) is 5.50. The summed E-state index contributed by atoms with van der Waals surface area (Å²) in [6, 6.07) is 8.61. The number of anilines is 1. The number of H-pyrrole nitrogens is 1. The van der Waals surface area contributed by atoms with E-state index in [0.717, 1.165) is 23.6 Å². The third-order valence-corrected chi connectivity index (χ3v) is 5.50. The summed E-state index contributed by atoms with van der Waals surface area (Å²) < 4.78 is 0. The average molecular weight is 310 g/mol. The number of amides is 2. The molecule has 1 saturated carbocycles. The minimum Gasteiger partial charge on any atom is -0.338 e. The molecule has 5 heteroatoms. The van der Waals surface area contributed by atoms with Gasteiger partial charge in [-0.25, -0.2) is 4.79 Å². The Kier molecular flexibility index (Phi) is 3.18. The number of nitrogens with zero attached hydrogens (tertiary/aromatic N) is 1. The van der Waals surface area contributed by atoms with Gasteiger partial charge in [-0.15, -0.1) is 0 Å². The van der Waals surface area contributed by atoms with E-state index in [9.17, 15) is 4.79 Å². The standard InChI is InChI=1S/C18H22N4O/c1-11-16(12(2)22-21-11)20-17(23)19-10-14-9-18(14)8-7-13-5-3-4-6-15(13)18/h3-6,14H,7-10H2,1-2H3,(H,21,22)(H2,19,20,23)/t14-,18+/m0/s1. The van der Waals surface area contributed by atoms with Crippen molar-refractivity contribution in [2.24, 2.45) is 5.92 Å². The maximum atomic E-state index is 12.1. The van der Waals surface area contributed by atoms with Crippen LogP contribution in [0, 0.1) is 19.8 Å². The molecule has 2 aliphatic carbocycles. The Hall–Kier alpha value is -2.30. The Balaban J connectivity index is 1.36. The number of hydrogen-bond donors (Lipinski definition) is 3. The van der Waals surface area contributed by atoms with E-state index in [4.69, 9.17) is 0 Å². The van der Waals surface area contributed by atoms with E-state index in [0.29, 0.717) is 11.3 Å². The maximum Gasteiger partial charge on any atom is 0.319 e. The summed E-state index contributed by atoms with van der Waals surface area (Å²) in [7, 11) is 0. The lowest BCUT2D eigenvalue weighted by molar-refractivity contribution is 0.251. The highest BCUT2D eigenvalue weighted by Crippen LogP contribution is 2.61. The molecule has 0 aliphatic heterocycles. The number of fused-ring (bicyclic) bond motifs is 2. The van der Waals surface area contributed by atoms with Crippen LogP contribution in [0.5, 0.6) is 0 Å². The predicted octanol–water partition coefficient (Wildman–Crippen LogP) is 3.05. The Morgan fingerprint density at radius 1 is 1.39 bits per heavy atom. The van der Waals surface area contributed by atoms with E-state index in [2.05, 4.69) is 45.1 Å². The number of hydrogen-bond acceptors (Lipinski definition) is 2. The smallest absolute Gasteiger partial charge is 0.319 e. The minimum atomic E-state index is -0.147. The van der Waals surface area contributed by atoms with Gasteiger partial charge < -0.3 is 10.6 Å². The van der Waals surface area contributed by atoms with Crippen molar-refractivity contribution < 1.29 is 4.79 Å². The van der Waals surface area contributed by atoms with Crippen molar-refractivity contribution in [1.29, 1.82) is 0 Å². The van der Waals surface area contributed by atoms with E-state index in [1.165, 1.54) is 30.4 Å². The van der Waals surface area contributed by atoms with Crippen LogP contribution in [0.25, 0.3) is 0 Å². The van der Waals surface area contributed by atoms with Gasteiger partial charge in [-0.05, 0) is 50.2 Å². The van der Waals surface area contributed by atoms with Gasteiger partial charge in [0.15, 0.2) is 0 Å². The molecule has 1 spiro atoms. The van der Waals surface area contributed by atoms with Crippen LogP contribution < -0.4 is 10.6 Å². The first kappa shape index (κ1) is 14.3. The van der Waals surface area contributed by atoms with Gasteiger partial charge in [0.1, 0.15) is 0 Å². The first-order valence-corrected chi connectivity index (χ1v) is 8.25. The van der Waals surface area contributed by atoms with Crippen molar-refractivity contribution >= 4 is 11.7 Å². The molecule has 1 fully saturated rings. The minimum absolute atomic E-state index is 0.147. The van der Waals surface area contributed by atoms with E-state index in [1.807, 2.05) is 13.8 Å². The van der Waals surface area contributed by atoms with Crippen LogP contribution in [0.4, 0.5) is 10.5 Å². The highest BCUT2D eigenvalue weighted by atomic mass is 16.2. The molecule has 1 aromatic carbocycles. The zero-order chi connectivity index (χ0) is 16.0. The van der Waals surface area contributed by atoms with Gasteiger partial charge in [-0.3, -0.25) is 5.10 Å². The third kappa shape index (κ3) is 2.31. The first-order valence-electron chi connectivity index (χ1n) is 8.25. The summed E-state index contributed by atoms with van der Waals surface area (Å²) in [4.78, 5) is 12.1. The number of nitrogens with one attached hydrogen (secondary N) is 3. The fourth-order valence-corrected chi connectivity index (χ4v) is 4.11. The SMILES string of the molecule is Cc1n[nH]c(C)c1NC(=O)NC[C@@H]1C[C@]12CCc1ccccc12. The molecule has 2 atom stereocenters. The molecule has 2 aromatic rings. The normalized spacial score (nSPS) is 24.5. The van der Waals surface area contributed by atoms with Crippen molar-refractivity contribution in [2.45, 2.75) is 38.5 Å². The van der Waals surface area contributed by atoms with Crippen LogP contribution in [-0.4, -0.2) is 22.8 Å². The second-order valence-corrected chi connectivity index (χ2v) is 6.86. The number of benzene rings is 1.